The minimum Gasteiger partial charge on any atom is -0.497 e. The third-order valence-electron chi connectivity index (χ3n) is 7.12. The Balaban J connectivity index is 1.77. The fraction of sp³-hybridized carbons (Fsp3) is 0.281. The summed E-state index contributed by atoms with van der Waals surface area (Å²) < 4.78 is 7.19. The van der Waals surface area contributed by atoms with E-state index in [9.17, 15) is 9.59 Å². The average molecular weight is 555 g/mol. The molecule has 8 heteroatoms. The second kappa shape index (κ2) is 12.0. The van der Waals surface area contributed by atoms with Crippen molar-refractivity contribution in [2.45, 2.75) is 38.5 Å². The number of fused-ring (bicyclic) bond motifs is 1. The zero-order chi connectivity index (χ0) is 28.2. The van der Waals surface area contributed by atoms with Gasteiger partial charge in [-0.25, -0.2) is 4.68 Å². The standard InChI is InChI=1S/C32H34N4O3S/c1-5-22(3)33-27(37)19-35-28(38)20-40-31(24-13-9-10-21(2)18-24)29-30(23-11-7-6-8-12-23)34-36(32(29)35)25-14-16-26(39-4)17-15-25/h6-18,22,31H,5,19-20H2,1-4H3,(H,33,37)/t22-,31+/m1/s1. The molecule has 206 valence electrons. The van der Waals surface area contributed by atoms with Crippen molar-refractivity contribution in [2.24, 2.45) is 0 Å². The predicted molar refractivity (Wildman–Crippen MR) is 161 cm³/mol. The zero-order valence-electron chi connectivity index (χ0n) is 23.3. The molecule has 0 unspecified atom stereocenters. The fourth-order valence-corrected chi connectivity index (χ4v) is 6.08. The lowest BCUT2D eigenvalue weighted by Gasteiger charge is -2.24. The zero-order valence-corrected chi connectivity index (χ0v) is 24.1. The van der Waals surface area contributed by atoms with Crippen LogP contribution >= 0.6 is 11.8 Å². The second-order valence-electron chi connectivity index (χ2n) is 10.0. The summed E-state index contributed by atoms with van der Waals surface area (Å²) in [7, 11) is 1.63. The lowest BCUT2D eigenvalue weighted by Crippen LogP contribution is -2.44. The van der Waals surface area contributed by atoms with Gasteiger partial charge in [-0.1, -0.05) is 67.1 Å². The maximum atomic E-state index is 13.8. The Morgan fingerprint density at radius 1 is 1.10 bits per heavy atom. The molecular weight excluding hydrogens is 520 g/mol. The van der Waals surface area contributed by atoms with Crippen LogP contribution in [0.15, 0.2) is 78.9 Å². The first-order chi connectivity index (χ1) is 19.4. The third kappa shape index (κ3) is 5.63. The topological polar surface area (TPSA) is 76.5 Å². The minimum absolute atomic E-state index is 0.00912. The maximum absolute atomic E-state index is 13.8. The number of ether oxygens (including phenoxy) is 1. The molecule has 0 saturated heterocycles. The number of carbonyl (C=O) groups excluding carboxylic acids is 2. The Morgan fingerprint density at radius 3 is 2.52 bits per heavy atom. The summed E-state index contributed by atoms with van der Waals surface area (Å²) in [5.41, 5.74) is 5.66. The van der Waals surface area contributed by atoms with E-state index >= 15 is 0 Å². The number of methoxy groups -OCH3 is 1. The summed E-state index contributed by atoms with van der Waals surface area (Å²) in [5.74, 6) is 1.25. The van der Waals surface area contributed by atoms with E-state index in [1.165, 1.54) is 0 Å². The summed E-state index contributed by atoms with van der Waals surface area (Å²) in [6.45, 7) is 5.97. The Labute approximate surface area is 239 Å². The van der Waals surface area contributed by atoms with Crippen LogP contribution in [0, 0.1) is 6.92 Å². The van der Waals surface area contributed by atoms with Crippen molar-refractivity contribution >= 4 is 29.4 Å². The van der Waals surface area contributed by atoms with Crippen LogP contribution < -0.4 is 15.0 Å². The van der Waals surface area contributed by atoms with Crippen LogP contribution in [0.5, 0.6) is 5.75 Å². The van der Waals surface area contributed by atoms with Crippen LogP contribution in [0.4, 0.5) is 5.82 Å². The highest BCUT2D eigenvalue weighted by atomic mass is 32.2. The first-order valence-corrected chi connectivity index (χ1v) is 14.5. The molecule has 0 bridgehead atoms. The Kier molecular flexibility index (Phi) is 8.26. The molecule has 1 aliphatic heterocycles. The number of hydrogen-bond acceptors (Lipinski definition) is 5. The van der Waals surface area contributed by atoms with Crippen LogP contribution in [-0.4, -0.2) is 47.0 Å². The number of nitrogens with one attached hydrogen (secondary N) is 1. The van der Waals surface area contributed by atoms with Gasteiger partial charge in [-0.2, -0.15) is 5.10 Å². The molecule has 2 heterocycles. The van der Waals surface area contributed by atoms with Crippen molar-refractivity contribution in [3.8, 4) is 22.7 Å². The van der Waals surface area contributed by atoms with Crippen LogP contribution in [0.3, 0.4) is 0 Å². The van der Waals surface area contributed by atoms with Crippen molar-refractivity contribution in [3.05, 3.63) is 95.6 Å². The van der Waals surface area contributed by atoms with E-state index in [1.54, 1.807) is 28.5 Å². The van der Waals surface area contributed by atoms with Gasteiger partial charge >= 0.3 is 0 Å². The number of anilines is 1. The Bertz CT molecular complexity index is 1500. The average Bonchev–Trinajstić information content (AvgIpc) is 3.30. The number of benzene rings is 3. The van der Waals surface area contributed by atoms with Gasteiger partial charge in [0.2, 0.25) is 11.8 Å². The molecule has 5 rings (SSSR count). The number of amides is 2. The number of carbonyl (C=O) groups is 2. The summed E-state index contributed by atoms with van der Waals surface area (Å²) in [5, 5.41) is 8.00. The molecule has 0 radical (unpaired) electrons. The van der Waals surface area contributed by atoms with Gasteiger partial charge in [0.1, 0.15) is 18.1 Å². The number of aromatic nitrogens is 2. The molecule has 0 spiro atoms. The number of aryl methyl sites for hydroxylation is 1. The third-order valence-corrected chi connectivity index (χ3v) is 8.37. The molecule has 2 atom stereocenters. The van der Waals surface area contributed by atoms with Crippen molar-refractivity contribution in [2.75, 3.05) is 24.3 Å². The summed E-state index contributed by atoms with van der Waals surface area (Å²) >= 11 is 1.57. The largest absolute Gasteiger partial charge is 0.497 e. The van der Waals surface area contributed by atoms with E-state index in [4.69, 9.17) is 9.84 Å². The van der Waals surface area contributed by atoms with Crippen molar-refractivity contribution < 1.29 is 14.3 Å². The van der Waals surface area contributed by atoms with E-state index in [1.807, 2.05) is 74.5 Å². The highest BCUT2D eigenvalue weighted by molar-refractivity contribution is 8.00. The van der Waals surface area contributed by atoms with Gasteiger partial charge in [-0.3, -0.25) is 14.5 Å². The van der Waals surface area contributed by atoms with Crippen molar-refractivity contribution in [3.63, 3.8) is 0 Å². The lowest BCUT2D eigenvalue weighted by molar-refractivity contribution is -0.123. The molecular formula is C32H34N4O3S. The Hall–Kier alpha value is -4.04. The van der Waals surface area contributed by atoms with Crippen LogP contribution in [-0.2, 0) is 9.59 Å². The second-order valence-corrected chi connectivity index (χ2v) is 11.1. The maximum Gasteiger partial charge on any atom is 0.240 e. The van der Waals surface area contributed by atoms with Gasteiger partial charge in [0.05, 0.1) is 29.5 Å². The van der Waals surface area contributed by atoms with Gasteiger partial charge in [0.15, 0.2) is 0 Å². The Morgan fingerprint density at radius 2 is 1.85 bits per heavy atom. The summed E-state index contributed by atoms with van der Waals surface area (Å²) in [4.78, 5) is 28.6. The predicted octanol–water partition coefficient (Wildman–Crippen LogP) is 5.94. The van der Waals surface area contributed by atoms with E-state index in [2.05, 4.69) is 30.4 Å². The number of thioether (sulfide) groups is 1. The minimum atomic E-state index is -0.198. The molecule has 4 aromatic rings. The molecule has 3 aromatic carbocycles. The highest BCUT2D eigenvalue weighted by Crippen LogP contribution is 2.48. The van der Waals surface area contributed by atoms with Gasteiger partial charge in [-0.05, 0) is 50.1 Å². The quantitative estimate of drug-likeness (QED) is 0.292. The fourth-order valence-electron chi connectivity index (χ4n) is 4.89. The first-order valence-electron chi connectivity index (χ1n) is 13.5. The van der Waals surface area contributed by atoms with Gasteiger partial charge < -0.3 is 10.1 Å². The van der Waals surface area contributed by atoms with E-state index in [0.717, 1.165) is 45.8 Å². The molecule has 2 amide bonds. The molecule has 1 aromatic heterocycles. The van der Waals surface area contributed by atoms with Crippen LogP contribution in [0.1, 0.15) is 42.2 Å². The van der Waals surface area contributed by atoms with Crippen molar-refractivity contribution in [1.29, 1.82) is 0 Å². The normalized spacial score (nSPS) is 15.8. The van der Waals surface area contributed by atoms with Crippen LogP contribution in [0.25, 0.3) is 16.9 Å². The lowest BCUT2D eigenvalue weighted by atomic mass is 9.98. The van der Waals surface area contributed by atoms with Gasteiger partial charge in [0, 0.05) is 17.2 Å². The molecule has 7 nitrogen and oxygen atoms in total. The monoisotopic (exact) mass is 554 g/mol. The SMILES string of the molecule is CC[C@@H](C)NC(=O)CN1C(=O)CS[C@@H](c2cccc(C)c2)c2c(-c3ccccc3)nn(-c3ccc(OC)cc3)c21. The number of rotatable bonds is 8. The molecule has 40 heavy (non-hydrogen) atoms. The molecule has 0 aliphatic carbocycles. The molecule has 0 saturated carbocycles. The summed E-state index contributed by atoms with van der Waals surface area (Å²) in [6, 6.07) is 26.0. The van der Waals surface area contributed by atoms with E-state index < -0.39 is 0 Å². The van der Waals surface area contributed by atoms with E-state index in [0.29, 0.717) is 5.82 Å². The summed E-state index contributed by atoms with van der Waals surface area (Å²) in [6.07, 6.45) is 0.804. The smallest absolute Gasteiger partial charge is 0.240 e. The van der Waals surface area contributed by atoms with E-state index in [-0.39, 0.29) is 35.4 Å². The molecule has 1 N–H and O–H groups in total. The molecule has 1 aliphatic rings. The highest BCUT2D eigenvalue weighted by Gasteiger charge is 2.37. The first kappa shape index (κ1) is 27.5. The number of hydrogen-bond donors (Lipinski definition) is 1. The van der Waals surface area contributed by atoms with Crippen molar-refractivity contribution in [1.82, 2.24) is 15.1 Å². The van der Waals surface area contributed by atoms with Gasteiger partial charge in [-0.15, -0.1) is 11.8 Å². The molecule has 0 fully saturated rings. The van der Waals surface area contributed by atoms with Gasteiger partial charge in [0.25, 0.3) is 0 Å². The number of nitrogens with zero attached hydrogens (tertiary/aromatic N) is 3. The van der Waals surface area contributed by atoms with Crippen LogP contribution in [0.2, 0.25) is 0 Å².